The predicted molar refractivity (Wildman–Crippen MR) is 132 cm³/mol. The van der Waals surface area contributed by atoms with Gasteiger partial charge in [-0.15, -0.1) is 0 Å². The van der Waals surface area contributed by atoms with Crippen molar-refractivity contribution >= 4 is 40.8 Å². The van der Waals surface area contributed by atoms with E-state index in [1.807, 2.05) is 0 Å². The Morgan fingerprint density at radius 1 is 0.919 bits per heavy atom. The van der Waals surface area contributed by atoms with Crippen molar-refractivity contribution in [1.82, 2.24) is 10.0 Å². The Morgan fingerprint density at radius 3 is 2.05 bits per heavy atom. The highest BCUT2D eigenvalue weighted by Gasteiger charge is 2.36. The summed E-state index contributed by atoms with van der Waals surface area (Å²) in [6.45, 7) is -0.565. The van der Waals surface area contributed by atoms with E-state index >= 15 is 0 Å². The molecule has 0 bridgehead atoms. The highest BCUT2D eigenvalue weighted by molar-refractivity contribution is 6.34. The molecule has 1 heterocycles. The van der Waals surface area contributed by atoms with Gasteiger partial charge in [0.25, 0.3) is 11.6 Å². The van der Waals surface area contributed by atoms with Gasteiger partial charge in [0, 0.05) is 30.5 Å². The largest absolute Gasteiger partial charge is 0.457 e. The van der Waals surface area contributed by atoms with Crippen LogP contribution in [0.5, 0.6) is 11.5 Å². The van der Waals surface area contributed by atoms with E-state index < -0.39 is 35.0 Å². The van der Waals surface area contributed by atoms with E-state index in [4.69, 9.17) is 16.3 Å². The van der Waals surface area contributed by atoms with Crippen LogP contribution in [0.2, 0.25) is 5.02 Å². The van der Waals surface area contributed by atoms with Gasteiger partial charge in [-0.1, -0.05) is 23.7 Å². The Labute approximate surface area is 216 Å². The number of nitro benzene ring substituents is 1. The van der Waals surface area contributed by atoms with Crippen molar-refractivity contribution < 1.29 is 28.8 Å². The van der Waals surface area contributed by atoms with E-state index in [-0.39, 0.29) is 34.7 Å². The first-order chi connectivity index (χ1) is 17.7. The summed E-state index contributed by atoms with van der Waals surface area (Å²) in [4.78, 5) is 61.9. The van der Waals surface area contributed by atoms with Gasteiger partial charge in [0.15, 0.2) is 5.78 Å². The van der Waals surface area contributed by atoms with Gasteiger partial charge in [-0.2, -0.15) is 5.01 Å². The normalized spacial score (nSPS) is 13.3. The maximum atomic E-state index is 13.3. The van der Waals surface area contributed by atoms with Crippen molar-refractivity contribution in [3.8, 4) is 11.5 Å². The molecular weight excluding hydrogens is 502 g/mol. The molecule has 0 aliphatic carbocycles. The zero-order valence-electron chi connectivity index (χ0n) is 19.3. The summed E-state index contributed by atoms with van der Waals surface area (Å²) in [5.74, 6) is -1.68. The summed E-state index contributed by atoms with van der Waals surface area (Å²) >= 11 is 6.17. The quantitative estimate of drug-likeness (QED) is 0.180. The van der Waals surface area contributed by atoms with Crippen molar-refractivity contribution in [2.45, 2.75) is 19.3 Å². The van der Waals surface area contributed by atoms with Crippen LogP contribution in [-0.2, 0) is 9.59 Å². The molecule has 37 heavy (non-hydrogen) atoms. The molecule has 0 radical (unpaired) electrons. The lowest BCUT2D eigenvalue weighted by molar-refractivity contribution is -0.384. The van der Waals surface area contributed by atoms with Crippen molar-refractivity contribution in [1.29, 1.82) is 0 Å². The third-order valence-corrected chi connectivity index (χ3v) is 5.92. The average molecular weight is 522 g/mol. The second-order valence-electron chi connectivity index (χ2n) is 8.10. The second-order valence-corrected chi connectivity index (χ2v) is 8.50. The fourth-order valence-electron chi connectivity index (χ4n) is 3.73. The van der Waals surface area contributed by atoms with E-state index in [0.717, 1.165) is 10.0 Å². The van der Waals surface area contributed by atoms with Crippen LogP contribution in [0.1, 0.15) is 40.0 Å². The number of rotatable bonds is 8. The first-order valence-corrected chi connectivity index (χ1v) is 11.6. The van der Waals surface area contributed by atoms with E-state index in [0.29, 0.717) is 17.9 Å². The van der Waals surface area contributed by atoms with Gasteiger partial charge in [0.1, 0.15) is 18.0 Å². The zero-order valence-corrected chi connectivity index (χ0v) is 20.1. The number of ketones is 1. The van der Waals surface area contributed by atoms with Crippen LogP contribution >= 0.6 is 11.6 Å². The van der Waals surface area contributed by atoms with Crippen LogP contribution < -0.4 is 4.74 Å². The number of amides is 3. The number of Topliss-reactive ketones (excluding diaryl/α,β-unsaturated/α-hetero) is 1. The van der Waals surface area contributed by atoms with Crippen molar-refractivity contribution in [2.24, 2.45) is 0 Å². The molecule has 0 aromatic heterocycles. The van der Waals surface area contributed by atoms with Crippen LogP contribution in [-0.4, -0.2) is 45.0 Å². The summed E-state index contributed by atoms with van der Waals surface area (Å²) in [6.07, 6.45) is 0.508. The number of imide groups is 1. The van der Waals surface area contributed by atoms with E-state index in [9.17, 15) is 29.3 Å². The minimum Gasteiger partial charge on any atom is -0.457 e. The average Bonchev–Trinajstić information content (AvgIpc) is 2.88. The maximum absolute atomic E-state index is 13.3. The highest BCUT2D eigenvalue weighted by Crippen LogP contribution is 2.25. The molecule has 0 atom stereocenters. The number of piperidine rings is 1. The van der Waals surface area contributed by atoms with Crippen molar-refractivity contribution in [3.05, 3.63) is 99.1 Å². The number of ether oxygens (including phenoxy) is 1. The number of benzene rings is 3. The van der Waals surface area contributed by atoms with Crippen LogP contribution in [0.4, 0.5) is 5.69 Å². The predicted octanol–water partition coefficient (Wildman–Crippen LogP) is 4.82. The zero-order chi connectivity index (χ0) is 26.5. The monoisotopic (exact) mass is 521 g/mol. The summed E-state index contributed by atoms with van der Waals surface area (Å²) in [6, 6.07) is 17.7. The number of non-ortho nitro benzene ring substituents is 1. The molecule has 1 fully saturated rings. The molecular formula is C26H20ClN3O7. The third-order valence-electron chi connectivity index (χ3n) is 5.59. The van der Waals surface area contributed by atoms with Crippen molar-refractivity contribution in [3.63, 3.8) is 0 Å². The molecule has 3 aromatic carbocycles. The Bertz CT molecular complexity index is 1360. The summed E-state index contributed by atoms with van der Waals surface area (Å²) in [5, 5.41) is 12.5. The molecule has 4 rings (SSSR count). The lowest BCUT2D eigenvalue weighted by Crippen LogP contribution is -2.56. The summed E-state index contributed by atoms with van der Waals surface area (Å²) in [7, 11) is 0. The lowest BCUT2D eigenvalue weighted by atomic mass is 10.1. The van der Waals surface area contributed by atoms with Crippen LogP contribution in [0.3, 0.4) is 0 Å². The Hall–Kier alpha value is -4.57. The highest BCUT2D eigenvalue weighted by atomic mass is 35.5. The molecule has 1 saturated heterocycles. The molecule has 3 amide bonds. The maximum Gasteiger partial charge on any atom is 0.274 e. The van der Waals surface area contributed by atoms with Crippen molar-refractivity contribution in [2.75, 3.05) is 6.54 Å². The molecule has 1 aliphatic rings. The number of hydrogen-bond acceptors (Lipinski definition) is 7. The van der Waals surface area contributed by atoms with Crippen LogP contribution in [0.15, 0.2) is 72.8 Å². The van der Waals surface area contributed by atoms with Gasteiger partial charge in [-0.3, -0.25) is 29.3 Å². The van der Waals surface area contributed by atoms with Gasteiger partial charge in [-0.05, 0) is 55.0 Å². The molecule has 3 aromatic rings. The summed E-state index contributed by atoms with van der Waals surface area (Å²) in [5.41, 5.74) is 0.190. The SMILES string of the molecule is O=C(CN(C(=O)c1ccccc1Cl)N1C(=O)CCCC1=O)c1ccc(Oc2ccc([N+](=O)[O-])cc2)cc1. The standard InChI is InChI=1S/C26H20ClN3O7/c27-22-5-2-1-4-21(22)26(34)28(29-24(32)6-3-7-25(29)33)16-23(31)17-8-12-19(13-9-17)37-20-14-10-18(11-15-20)30(35)36/h1-2,4-5,8-15H,3,6-7,16H2. The third kappa shape index (κ3) is 5.81. The molecule has 0 spiro atoms. The first kappa shape index (κ1) is 25.5. The minimum atomic E-state index is -0.749. The molecule has 0 saturated carbocycles. The number of hydrazine groups is 1. The number of nitrogens with zero attached hydrogens (tertiary/aromatic N) is 3. The van der Waals surface area contributed by atoms with E-state index in [1.165, 1.54) is 60.7 Å². The summed E-state index contributed by atoms with van der Waals surface area (Å²) < 4.78 is 5.65. The van der Waals surface area contributed by atoms with Gasteiger partial charge in [0.2, 0.25) is 11.8 Å². The molecule has 0 unspecified atom stereocenters. The molecule has 0 N–H and O–H groups in total. The second kappa shape index (κ2) is 11.0. The Balaban J connectivity index is 1.54. The van der Waals surface area contributed by atoms with Gasteiger partial charge in [-0.25, -0.2) is 5.01 Å². The van der Waals surface area contributed by atoms with E-state index in [2.05, 4.69) is 0 Å². The number of hydrogen-bond donors (Lipinski definition) is 0. The minimum absolute atomic E-state index is 0.0509. The first-order valence-electron chi connectivity index (χ1n) is 11.2. The number of carbonyl (C=O) groups is 4. The molecule has 1 aliphatic heterocycles. The van der Waals surface area contributed by atoms with Gasteiger partial charge in [0.05, 0.1) is 15.5 Å². The fraction of sp³-hybridized carbons (Fsp3) is 0.154. The van der Waals surface area contributed by atoms with Gasteiger partial charge < -0.3 is 4.74 Å². The topological polar surface area (TPSA) is 127 Å². The smallest absolute Gasteiger partial charge is 0.274 e. The molecule has 11 heteroatoms. The molecule has 188 valence electrons. The number of halogens is 1. The molecule has 10 nitrogen and oxygen atoms in total. The van der Waals surface area contributed by atoms with Gasteiger partial charge >= 0.3 is 0 Å². The van der Waals surface area contributed by atoms with E-state index in [1.54, 1.807) is 12.1 Å². The lowest BCUT2D eigenvalue weighted by Gasteiger charge is -2.35. The Morgan fingerprint density at radius 2 is 1.49 bits per heavy atom. The number of nitro groups is 1. The van der Waals surface area contributed by atoms with Crippen LogP contribution in [0, 0.1) is 10.1 Å². The number of carbonyl (C=O) groups excluding carboxylic acids is 4. The Kier molecular flexibility index (Phi) is 7.59. The van der Waals surface area contributed by atoms with Crippen LogP contribution in [0.25, 0.3) is 0 Å². The fourth-order valence-corrected chi connectivity index (χ4v) is 3.94.